The molecule has 0 aliphatic heterocycles. The van der Waals surface area contributed by atoms with Crippen LogP contribution in [0.2, 0.25) is 0 Å². The first-order chi connectivity index (χ1) is 9.76. The van der Waals surface area contributed by atoms with Crippen LogP contribution in [0.1, 0.15) is 30.9 Å². The fourth-order valence-electron chi connectivity index (χ4n) is 2.27. The van der Waals surface area contributed by atoms with E-state index in [1.165, 1.54) is 24.0 Å². The molecule has 1 saturated carbocycles. The monoisotopic (exact) mass is 268 g/mol. The smallest absolute Gasteiger partial charge is 0.135 e. The van der Waals surface area contributed by atoms with Gasteiger partial charge in [0.2, 0.25) is 0 Å². The summed E-state index contributed by atoms with van der Waals surface area (Å²) in [5.41, 5.74) is 3.70. The summed E-state index contributed by atoms with van der Waals surface area (Å²) in [5, 5.41) is 6.83. The second-order valence-electron chi connectivity index (χ2n) is 5.29. The summed E-state index contributed by atoms with van der Waals surface area (Å²) in [6.07, 6.45) is 5.09. The highest BCUT2D eigenvalue weighted by Crippen LogP contribution is 2.27. The van der Waals surface area contributed by atoms with Crippen LogP contribution >= 0.6 is 0 Å². The SMILES string of the molecule is CCc1cccc(C)c1Nc1cc(NC2CC2)ncn1. The number of rotatable bonds is 5. The molecule has 1 aliphatic rings. The van der Waals surface area contributed by atoms with Gasteiger partial charge in [0.25, 0.3) is 0 Å². The van der Waals surface area contributed by atoms with Crippen molar-refractivity contribution >= 4 is 17.3 Å². The van der Waals surface area contributed by atoms with E-state index in [-0.39, 0.29) is 0 Å². The third-order valence-corrected chi connectivity index (χ3v) is 3.59. The van der Waals surface area contributed by atoms with Crippen LogP contribution in [0.15, 0.2) is 30.6 Å². The Hall–Kier alpha value is -2.10. The van der Waals surface area contributed by atoms with Crippen LogP contribution in [-0.2, 0) is 6.42 Å². The minimum absolute atomic E-state index is 0.599. The van der Waals surface area contributed by atoms with E-state index in [2.05, 4.69) is 52.6 Å². The van der Waals surface area contributed by atoms with Gasteiger partial charge in [0.1, 0.15) is 18.0 Å². The Balaban J connectivity index is 1.83. The van der Waals surface area contributed by atoms with Crippen LogP contribution < -0.4 is 10.6 Å². The van der Waals surface area contributed by atoms with Crippen molar-refractivity contribution in [1.29, 1.82) is 0 Å². The molecule has 1 aromatic heterocycles. The molecule has 4 nitrogen and oxygen atoms in total. The quantitative estimate of drug-likeness (QED) is 0.868. The predicted molar refractivity (Wildman–Crippen MR) is 82.5 cm³/mol. The van der Waals surface area contributed by atoms with Gasteiger partial charge in [0.05, 0.1) is 0 Å². The van der Waals surface area contributed by atoms with Gasteiger partial charge in [-0.05, 0) is 37.3 Å². The van der Waals surface area contributed by atoms with Crippen LogP contribution in [0.5, 0.6) is 0 Å². The van der Waals surface area contributed by atoms with Gasteiger partial charge in [0, 0.05) is 17.8 Å². The molecule has 4 heteroatoms. The number of hydrogen-bond acceptors (Lipinski definition) is 4. The molecule has 0 atom stereocenters. The summed E-state index contributed by atoms with van der Waals surface area (Å²) in [5.74, 6) is 1.74. The summed E-state index contributed by atoms with van der Waals surface area (Å²) in [6, 6.07) is 8.94. The second-order valence-corrected chi connectivity index (χ2v) is 5.29. The topological polar surface area (TPSA) is 49.8 Å². The minimum atomic E-state index is 0.599. The zero-order chi connectivity index (χ0) is 13.9. The number of aromatic nitrogens is 2. The van der Waals surface area contributed by atoms with Crippen molar-refractivity contribution < 1.29 is 0 Å². The molecule has 1 aromatic carbocycles. The summed E-state index contributed by atoms with van der Waals surface area (Å²) in [4.78, 5) is 8.58. The van der Waals surface area contributed by atoms with Gasteiger partial charge in [-0.15, -0.1) is 0 Å². The van der Waals surface area contributed by atoms with E-state index < -0.39 is 0 Å². The largest absolute Gasteiger partial charge is 0.367 e. The normalized spacial score (nSPS) is 14.1. The van der Waals surface area contributed by atoms with E-state index in [4.69, 9.17) is 0 Å². The Morgan fingerprint density at radius 2 is 2.00 bits per heavy atom. The first-order valence-electron chi connectivity index (χ1n) is 7.20. The third kappa shape index (κ3) is 2.90. The summed E-state index contributed by atoms with van der Waals surface area (Å²) < 4.78 is 0. The zero-order valence-corrected chi connectivity index (χ0v) is 12.0. The highest BCUT2D eigenvalue weighted by atomic mass is 15.1. The number of aryl methyl sites for hydroxylation is 2. The van der Waals surface area contributed by atoms with Gasteiger partial charge in [-0.3, -0.25) is 0 Å². The molecule has 3 rings (SSSR count). The van der Waals surface area contributed by atoms with Crippen molar-refractivity contribution in [3.8, 4) is 0 Å². The fourth-order valence-corrected chi connectivity index (χ4v) is 2.27. The maximum absolute atomic E-state index is 4.32. The molecule has 0 unspecified atom stereocenters. The van der Waals surface area contributed by atoms with E-state index >= 15 is 0 Å². The summed E-state index contributed by atoms with van der Waals surface area (Å²) >= 11 is 0. The molecule has 1 heterocycles. The standard InChI is InChI=1S/C16H20N4/c1-3-12-6-4-5-11(2)16(12)20-15-9-14(17-10-18-15)19-13-7-8-13/h4-6,9-10,13H,3,7-8H2,1-2H3,(H2,17,18,19,20). The summed E-state index contributed by atoms with van der Waals surface area (Å²) in [7, 11) is 0. The molecule has 0 spiro atoms. The molecule has 0 radical (unpaired) electrons. The van der Waals surface area contributed by atoms with E-state index in [9.17, 15) is 0 Å². The number of nitrogens with zero attached hydrogens (tertiary/aromatic N) is 2. The Labute approximate surface area is 119 Å². The maximum Gasteiger partial charge on any atom is 0.135 e. The van der Waals surface area contributed by atoms with E-state index in [0.717, 1.165) is 23.7 Å². The van der Waals surface area contributed by atoms with Gasteiger partial charge in [-0.1, -0.05) is 25.1 Å². The molecule has 1 aliphatic carbocycles. The van der Waals surface area contributed by atoms with Crippen molar-refractivity contribution in [2.45, 2.75) is 39.2 Å². The van der Waals surface area contributed by atoms with Gasteiger partial charge in [-0.2, -0.15) is 0 Å². The average Bonchev–Trinajstić information content (AvgIpc) is 3.25. The van der Waals surface area contributed by atoms with Crippen molar-refractivity contribution in [3.05, 3.63) is 41.7 Å². The van der Waals surface area contributed by atoms with E-state index in [1.54, 1.807) is 6.33 Å². The van der Waals surface area contributed by atoms with E-state index in [0.29, 0.717) is 6.04 Å². The lowest BCUT2D eigenvalue weighted by Crippen LogP contribution is -2.05. The van der Waals surface area contributed by atoms with Crippen molar-refractivity contribution in [2.75, 3.05) is 10.6 Å². The molecular formula is C16H20N4. The number of benzene rings is 1. The molecule has 104 valence electrons. The summed E-state index contributed by atoms with van der Waals surface area (Å²) in [6.45, 7) is 4.28. The van der Waals surface area contributed by atoms with Gasteiger partial charge < -0.3 is 10.6 Å². The first-order valence-corrected chi connectivity index (χ1v) is 7.20. The Kier molecular flexibility index (Phi) is 3.54. The Morgan fingerprint density at radius 1 is 1.20 bits per heavy atom. The molecule has 0 saturated heterocycles. The van der Waals surface area contributed by atoms with Gasteiger partial charge in [0.15, 0.2) is 0 Å². The lowest BCUT2D eigenvalue weighted by Gasteiger charge is -2.14. The number of para-hydroxylation sites is 1. The number of hydrogen-bond donors (Lipinski definition) is 2. The predicted octanol–water partition coefficient (Wildman–Crippen LogP) is 3.67. The van der Waals surface area contributed by atoms with E-state index in [1.807, 2.05) is 6.07 Å². The molecule has 20 heavy (non-hydrogen) atoms. The molecule has 2 aromatic rings. The fraction of sp³-hybridized carbons (Fsp3) is 0.375. The first kappa shape index (κ1) is 12.9. The Bertz CT molecular complexity index is 605. The average molecular weight is 268 g/mol. The van der Waals surface area contributed by atoms with Crippen molar-refractivity contribution in [1.82, 2.24) is 9.97 Å². The third-order valence-electron chi connectivity index (χ3n) is 3.59. The minimum Gasteiger partial charge on any atom is -0.367 e. The molecule has 0 bridgehead atoms. The van der Waals surface area contributed by atoms with Gasteiger partial charge in [-0.25, -0.2) is 9.97 Å². The number of nitrogens with one attached hydrogen (secondary N) is 2. The highest BCUT2D eigenvalue weighted by molar-refractivity contribution is 5.66. The lowest BCUT2D eigenvalue weighted by molar-refractivity contribution is 1.08. The van der Waals surface area contributed by atoms with Crippen LogP contribution in [-0.4, -0.2) is 16.0 Å². The molecule has 2 N–H and O–H groups in total. The zero-order valence-electron chi connectivity index (χ0n) is 12.0. The molecule has 1 fully saturated rings. The van der Waals surface area contributed by atoms with Crippen LogP contribution in [0.3, 0.4) is 0 Å². The van der Waals surface area contributed by atoms with Crippen LogP contribution in [0.4, 0.5) is 17.3 Å². The molecule has 0 amide bonds. The lowest BCUT2D eigenvalue weighted by atomic mass is 10.1. The van der Waals surface area contributed by atoms with Crippen LogP contribution in [0, 0.1) is 6.92 Å². The van der Waals surface area contributed by atoms with Crippen molar-refractivity contribution in [3.63, 3.8) is 0 Å². The van der Waals surface area contributed by atoms with Gasteiger partial charge >= 0.3 is 0 Å². The molecular weight excluding hydrogens is 248 g/mol. The highest BCUT2D eigenvalue weighted by Gasteiger charge is 2.21. The van der Waals surface area contributed by atoms with Crippen LogP contribution in [0.25, 0.3) is 0 Å². The second kappa shape index (κ2) is 5.49. The Morgan fingerprint density at radius 3 is 2.75 bits per heavy atom. The number of anilines is 3. The maximum atomic E-state index is 4.32. The van der Waals surface area contributed by atoms with Crippen molar-refractivity contribution in [2.24, 2.45) is 0 Å².